The van der Waals surface area contributed by atoms with Crippen molar-refractivity contribution < 1.29 is 0 Å². The number of aromatic amines is 1. The zero-order valence-corrected chi connectivity index (χ0v) is 14.8. The van der Waals surface area contributed by atoms with E-state index >= 15 is 0 Å². The average molecular weight is 300 g/mol. The van der Waals surface area contributed by atoms with Gasteiger partial charge in [-0.3, -0.25) is 0 Å². The summed E-state index contributed by atoms with van der Waals surface area (Å²) in [5, 5.41) is 0. The molecule has 2 nitrogen and oxygen atoms in total. The maximum Gasteiger partial charge on any atom is 0.133 e. The van der Waals surface area contributed by atoms with Crippen molar-refractivity contribution in [1.29, 1.82) is 0 Å². The highest BCUT2D eigenvalue weighted by Gasteiger charge is 2.20. The van der Waals surface area contributed by atoms with Gasteiger partial charge in [0.1, 0.15) is 10.5 Å². The number of benzene rings is 1. The molecule has 0 saturated heterocycles. The largest absolute Gasteiger partial charge is 0.342 e. The zero-order chi connectivity index (χ0) is 15.9. The third-order valence-electron chi connectivity index (χ3n) is 3.79. The monoisotopic (exact) mass is 300 g/mol. The highest BCUT2D eigenvalue weighted by molar-refractivity contribution is 7.71. The van der Waals surface area contributed by atoms with Crippen molar-refractivity contribution in [3.8, 4) is 11.3 Å². The van der Waals surface area contributed by atoms with E-state index < -0.39 is 0 Å². The fraction of sp³-hybridized carbons (Fsp3) is 0.444. The molecule has 0 radical (unpaired) electrons. The Bertz CT molecular complexity index is 726. The smallest absolute Gasteiger partial charge is 0.133 e. The molecule has 1 heterocycles. The molecule has 0 spiro atoms. The van der Waals surface area contributed by atoms with E-state index in [9.17, 15) is 0 Å². The molecule has 0 unspecified atom stereocenters. The lowest BCUT2D eigenvalue weighted by Crippen LogP contribution is -2.17. The first-order valence-electron chi connectivity index (χ1n) is 7.31. The number of aryl methyl sites for hydroxylation is 3. The lowest BCUT2D eigenvalue weighted by atomic mass is 9.93. The van der Waals surface area contributed by atoms with E-state index in [0.29, 0.717) is 4.64 Å². The van der Waals surface area contributed by atoms with Crippen molar-refractivity contribution in [2.75, 3.05) is 0 Å². The van der Waals surface area contributed by atoms with Crippen molar-refractivity contribution in [3.05, 3.63) is 44.9 Å². The van der Waals surface area contributed by atoms with Crippen LogP contribution in [0.5, 0.6) is 0 Å². The SMILES string of the molecule is Cc1cc(C)c(-c2[nH]c(C(C)(C)C)nc(=S)c2C)c(C)c1. The summed E-state index contributed by atoms with van der Waals surface area (Å²) in [4.78, 5) is 8.10. The summed E-state index contributed by atoms with van der Waals surface area (Å²) in [6, 6.07) is 4.44. The van der Waals surface area contributed by atoms with Crippen LogP contribution in [0, 0.1) is 32.3 Å². The molecule has 3 heteroatoms. The second-order valence-corrected chi connectivity index (χ2v) is 7.30. The van der Waals surface area contributed by atoms with E-state index in [0.717, 1.165) is 17.1 Å². The number of nitrogens with zero attached hydrogens (tertiary/aromatic N) is 1. The first-order valence-corrected chi connectivity index (χ1v) is 7.71. The summed E-state index contributed by atoms with van der Waals surface area (Å²) >= 11 is 5.48. The van der Waals surface area contributed by atoms with Gasteiger partial charge >= 0.3 is 0 Å². The number of rotatable bonds is 1. The molecule has 21 heavy (non-hydrogen) atoms. The van der Waals surface area contributed by atoms with Gasteiger partial charge in [-0.05, 0) is 38.8 Å². The molecule has 1 aromatic carbocycles. The molecular formula is C18H24N2S. The van der Waals surface area contributed by atoms with E-state index in [1.165, 1.54) is 22.3 Å². The molecule has 0 atom stereocenters. The van der Waals surface area contributed by atoms with Crippen LogP contribution in [0.25, 0.3) is 11.3 Å². The van der Waals surface area contributed by atoms with Gasteiger partial charge in [-0.2, -0.15) is 0 Å². The van der Waals surface area contributed by atoms with E-state index in [1.54, 1.807) is 0 Å². The minimum atomic E-state index is -0.0531. The molecule has 0 amide bonds. The molecule has 0 bridgehead atoms. The predicted octanol–water partition coefficient (Wildman–Crippen LogP) is 5.34. The second-order valence-electron chi connectivity index (χ2n) is 6.91. The number of hydrogen-bond donors (Lipinski definition) is 1. The molecule has 1 aromatic heterocycles. The number of hydrogen-bond acceptors (Lipinski definition) is 2. The Morgan fingerprint density at radius 3 is 2.00 bits per heavy atom. The van der Waals surface area contributed by atoms with E-state index in [-0.39, 0.29) is 5.41 Å². The number of H-pyrrole nitrogens is 1. The number of nitrogens with one attached hydrogen (secondary N) is 1. The summed E-state index contributed by atoms with van der Waals surface area (Å²) < 4.78 is 0.688. The summed E-state index contributed by atoms with van der Waals surface area (Å²) in [5.74, 6) is 0.937. The Morgan fingerprint density at radius 2 is 1.52 bits per heavy atom. The highest BCUT2D eigenvalue weighted by Crippen LogP contribution is 2.31. The van der Waals surface area contributed by atoms with Crippen LogP contribution in [0.1, 0.15) is 48.8 Å². The molecular weight excluding hydrogens is 276 g/mol. The Balaban J connectivity index is 2.82. The quantitative estimate of drug-likeness (QED) is 0.720. The lowest BCUT2D eigenvalue weighted by Gasteiger charge is -2.21. The lowest BCUT2D eigenvalue weighted by molar-refractivity contribution is 0.544. The second kappa shape index (κ2) is 5.38. The van der Waals surface area contributed by atoms with Gasteiger partial charge in [0.15, 0.2) is 0 Å². The Hall–Kier alpha value is -1.48. The molecule has 0 aliphatic rings. The van der Waals surface area contributed by atoms with Crippen LogP contribution in [0.4, 0.5) is 0 Å². The van der Waals surface area contributed by atoms with Crippen LogP contribution in [-0.2, 0) is 5.41 Å². The van der Waals surface area contributed by atoms with Gasteiger partial charge in [0.25, 0.3) is 0 Å². The van der Waals surface area contributed by atoms with Gasteiger partial charge < -0.3 is 4.98 Å². The molecule has 0 fully saturated rings. The van der Waals surface area contributed by atoms with Crippen LogP contribution < -0.4 is 0 Å². The van der Waals surface area contributed by atoms with Crippen LogP contribution in [0.15, 0.2) is 12.1 Å². The van der Waals surface area contributed by atoms with Gasteiger partial charge in [0.05, 0.1) is 5.69 Å². The summed E-state index contributed by atoms with van der Waals surface area (Å²) in [7, 11) is 0. The van der Waals surface area contributed by atoms with E-state index in [4.69, 9.17) is 12.2 Å². The van der Waals surface area contributed by atoms with Gasteiger partial charge in [0.2, 0.25) is 0 Å². The standard InChI is InChI=1S/C18H24N2S/c1-10-8-11(2)14(12(3)9-10)15-13(4)16(21)20-17(19-15)18(5,6)7/h8-9H,1-7H3,(H,19,20,21). The summed E-state index contributed by atoms with van der Waals surface area (Å²) in [6.45, 7) is 14.9. The van der Waals surface area contributed by atoms with Crippen molar-refractivity contribution >= 4 is 12.2 Å². The molecule has 1 N–H and O–H groups in total. The Morgan fingerprint density at radius 1 is 1.00 bits per heavy atom. The summed E-state index contributed by atoms with van der Waals surface area (Å²) in [5.41, 5.74) is 7.18. The molecule has 0 aliphatic heterocycles. The van der Waals surface area contributed by atoms with Gasteiger partial charge in [-0.1, -0.05) is 50.7 Å². The molecule has 2 rings (SSSR count). The first-order chi connectivity index (χ1) is 9.61. The number of aromatic nitrogens is 2. The predicted molar refractivity (Wildman–Crippen MR) is 92.5 cm³/mol. The highest BCUT2D eigenvalue weighted by atomic mass is 32.1. The van der Waals surface area contributed by atoms with Crippen LogP contribution >= 0.6 is 12.2 Å². The topological polar surface area (TPSA) is 28.7 Å². The van der Waals surface area contributed by atoms with Gasteiger partial charge in [0, 0.05) is 16.5 Å². The first kappa shape index (κ1) is 15.9. The van der Waals surface area contributed by atoms with Gasteiger partial charge in [-0.25, -0.2) is 4.98 Å². The third-order valence-corrected chi connectivity index (χ3v) is 4.19. The van der Waals surface area contributed by atoms with Crippen LogP contribution in [0.3, 0.4) is 0 Å². The van der Waals surface area contributed by atoms with Crippen LogP contribution in [0.2, 0.25) is 0 Å². The Kier molecular flexibility index (Phi) is 4.07. The third kappa shape index (κ3) is 3.08. The van der Waals surface area contributed by atoms with Crippen molar-refractivity contribution in [3.63, 3.8) is 0 Å². The van der Waals surface area contributed by atoms with Crippen molar-refractivity contribution in [2.24, 2.45) is 0 Å². The van der Waals surface area contributed by atoms with E-state index in [1.807, 2.05) is 6.92 Å². The Labute approximate surface area is 132 Å². The molecule has 2 aromatic rings. The maximum atomic E-state index is 5.48. The molecule has 0 aliphatic carbocycles. The maximum absolute atomic E-state index is 5.48. The summed E-state index contributed by atoms with van der Waals surface area (Å²) in [6.07, 6.45) is 0. The zero-order valence-electron chi connectivity index (χ0n) is 14.0. The minimum absolute atomic E-state index is 0.0531. The van der Waals surface area contributed by atoms with E-state index in [2.05, 4.69) is 63.6 Å². The van der Waals surface area contributed by atoms with Crippen LogP contribution in [-0.4, -0.2) is 9.97 Å². The normalized spacial score (nSPS) is 11.8. The van der Waals surface area contributed by atoms with Crippen molar-refractivity contribution in [2.45, 2.75) is 53.9 Å². The minimum Gasteiger partial charge on any atom is -0.342 e. The molecule has 0 saturated carbocycles. The van der Waals surface area contributed by atoms with Gasteiger partial charge in [-0.15, -0.1) is 0 Å². The van der Waals surface area contributed by atoms with Crippen molar-refractivity contribution in [1.82, 2.24) is 9.97 Å². The fourth-order valence-corrected chi connectivity index (χ4v) is 2.91. The molecule has 112 valence electrons. The fourth-order valence-electron chi connectivity index (χ4n) is 2.71. The average Bonchev–Trinajstić information content (AvgIpc) is 2.31.